The molecule has 20 heavy (non-hydrogen) atoms. The van der Waals surface area contributed by atoms with Crippen LogP contribution in [-0.2, 0) is 11.2 Å². The monoisotopic (exact) mass is 338 g/mol. The molecule has 9 heteroatoms. The molecule has 0 aliphatic rings. The minimum atomic E-state index is -5.71. The molecule has 0 radical (unpaired) electrons. The summed E-state index contributed by atoms with van der Waals surface area (Å²) in [5.41, 5.74) is -0.192. The Labute approximate surface area is 119 Å². The smallest absolute Gasteiger partial charge is 0.298 e. The number of carbonyl (C=O) groups is 1. The Hall–Kier alpha value is -0.950. The standard InChI is InChI=1S/C11H6Cl2F6O/c12-6-1-2-7(13)5(3-6)4-8(20)9(10(14,15)16)11(17,18)19/h1-3,9H,4H2. The molecule has 0 heterocycles. The molecule has 0 saturated heterocycles. The van der Waals surface area contributed by atoms with E-state index >= 15 is 0 Å². The van der Waals surface area contributed by atoms with Gasteiger partial charge in [0.05, 0.1) is 0 Å². The second kappa shape index (κ2) is 5.81. The highest BCUT2D eigenvalue weighted by molar-refractivity contribution is 6.33. The van der Waals surface area contributed by atoms with E-state index in [4.69, 9.17) is 23.2 Å². The molecule has 0 atom stereocenters. The van der Waals surface area contributed by atoms with Crippen LogP contribution in [0.1, 0.15) is 5.56 Å². The number of alkyl halides is 6. The van der Waals surface area contributed by atoms with E-state index in [2.05, 4.69) is 0 Å². The minimum absolute atomic E-state index is 0.0489. The van der Waals surface area contributed by atoms with Crippen molar-refractivity contribution in [2.45, 2.75) is 18.8 Å². The van der Waals surface area contributed by atoms with Gasteiger partial charge in [0.2, 0.25) is 5.92 Å². The second-order valence-corrected chi connectivity index (χ2v) is 4.74. The molecule has 1 rings (SSSR count). The average Bonchev–Trinajstić information content (AvgIpc) is 2.18. The SMILES string of the molecule is O=C(Cc1cc(Cl)ccc1Cl)C(C(F)(F)F)C(F)(F)F. The Bertz CT molecular complexity index is 495. The van der Waals surface area contributed by atoms with Crippen LogP contribution in [0.4, 0.5) is 26.3 Å². The van der Waals surface area contributed by atoms with E-state index in [0.717, 1.165) is 6.07 Å². The van der Waals surface area contributed by atoms with Gasteiger partial charge in [0, 0.05) is 16.5 Å². The van der Waals surface area contributed by atoms with Crippen LogP contribution in [0.3, 0.4) is 0 Å². The fourth-order valence-corrected chi connectivity index (χ4v) is 1.90. The van der Waals surface area contributed by atoms with Crippen LogP contribution in [0, 0.1) is 5.92 Å². The Morgan fingerprint density at radius 3 is 2.00 bits per heavy atom. The summed E-state index contributed by atoms with van der Waals surface area (Å²) >= 11 is 11.1. The van der Waals surface area contributed by atoms with Crippen molar-refractivity contribution in [1.82, 2.24) is 0 Å². The van der Waals surface area contributed by atoms with Crippen molar-refractivity contribution in [3.8, 4) is 0 Å². The van der Waals surface area contributed by atoms with Gasteiger partial charge in [0.25, 0.3) is 0 Å². The number of hydrogen-bond acceptors (Lipinski definition) is 1. The zero-order valence-corrected chi connectivity index (χ0v) is 11.0. The van der Waals surface area contributed by atoms with Crippen LogP contribution < -0.4 is 0 Å². The molecule has 1 aromatic carbocycles. The lowest BCUT2D eigenvalue weighted by molar-refractivity contribution is -0.273. The maximum atomic E-state index is 12.3. The first-order valence-corrected chi connectivity index (χ1v) is 5.78. The number of benzene rings is 1. The van der Waals surface area contributed by atoms with Gasteiger partial charge in [-0.2, -0.15) is 26.3 Å². The molecule has 0 amide bonds. The van der Waals surface area contributed by atoms with Crippen molar-refractivity contribution < 1.29 is 31.1 Å². The lowest BCUT2D eigenvalue weighted by Crippen LogP contribution is -2.43. The van der Waals surface area contributed by atoms with Crippen LogP contribution in [0.2, 0.25) is 10.0 Å². The minimum Gasteiger partial charge on any atom is -0.298 e. The third-order valence-corrected chi connectivity index (χ3v) is 2.95. The first-order valence-electron chi connectivity index (χ1n) is 5.03. The lowest BCUT2D eigenvalue weighted by atomic mass is 9.96. The summed E-state index contributed by atoms with van der Waals surface area (Å²) in [4.78, 5) is 11.3. The van der Waals surface area contributed by atoms with E-state index in [0.29, 0.717) is 0 Å². The predicted molar refractivity (Wildman–Crippen MR) is 60.8 cm³/mol. The molecule has 0 saturated carbocycles. The fraction of sp³-hybridized carbons (Fsp3) is 0.364. The van der Waals surface area contributed by atoms with Gasteiger partial charge in [0.15, 0.2) is 5.78 Å². The lowest BCUT2D eigenvalue weighted by Gasteiger charge is -2.21. The van der Waals surface area contributed by atoms with E-state index in [1.165, 1.54) is 12.1 Å². The predicted octanol–water partition coefficient (Wildman–Crippen LogP) is 4.85. The highest BCUT2D eigenvalue weighted by atomic mass is 35.5. The van der Waals surface area contributed by atoms with Gasteiger partial charge >= 0.3 is 12.4 Å². The Morgan fingerprint density at radius 1 is 1.05 bits per heavy atom. The van der Waals surface area contributed by atoms with Crippen LogP contribution >= 0.6 is 23.2 Å². The number of ketones is 1. The summed E-state index contributed by atoms with van der Waals surface area (Å²) in [6.07, 6.45) is -12.5. The molecule has 0 bridgehead atoms. The van der Waals surface area contributed by atoms with Crippen LogP contribution in [0.25, 0.3) is 0 Å². The summed E-state index contributed by atoms with van der Waals surface area (Å²) in [6.45, 7) is 0. The number of halogens is 8. The molecular weight excluding hydrogens is 333 g/mol. The van der Waals surface area contributed by atoms with Gasteiger partial charge in [-0.15, -0.1) is 0 Å². The zero-order valence-electron chi connectivity index (χ0n) is 9.45. The maximum absolute atomic E-state index is 12.3. The molecule has 112 valence electrons. The van der Waals surface area contributed by atoms with Gasteiger partial charge in [-0.3, -0.25) is 4.79 Å². The summed E-state index contributed by atoms with van der Waals surface area (Å²) in [5, 5.41) is -0.0846. The first kappa shape index (κ1) is 17.1. The molecule has 0 fully saturated rings. The van der Waals surface area contributed by atoms with E-state index in [-0.39, 0.29) is 15.6 Å². The normalized spacial score (nSPS) is 12.8. The first-order chi connectivity index (χ1) is 8.93. The van der Waals surface area contributed by atoms with E-state index in [9.17, 15) is 31.1 Å². The average molecular weight is 339 g/mol. The molecule has 1 aromatic rings. The van der Waals surface area contributed by atoms with Crippen molar-refractivity contribution in [3.63, 3.8) is 0 Å². The quantitative estimate of drug-likeness (QED) is 0.720. The van der Waals surface area contributed by atoms with E-state index in [1.54, 1.807) is 0 Å². The van der Waals surface area contributed by atoms with Crippen LogP contribution in [0.15, 0.2) is 18.2 Å². The number of carbonyl (C=O) groups excluding carboxylic acids is 1. The maximum Gasteiger partial charge on any atom is 0.407 e. The molecule has 0 spiro atoms. The molecule has 0 unspecified atom stereocenters. The summed E-state index contributed by atoms with van der Waals surface area (Å²) < 4.78 is 74.1. The molecule has 0 aromatic heterocycles. The van der Waals surface area contributed by atoms with Gasteiger partial charge in [0.1, 0.15) is 0 Å². The van der Waals surface area contributed by atoms with Crippen molar-refractivity contribution >= 4 is 29.0 Å². The van der Waals surface area contributed by atoms with Gasteiger partial charge in [-0.1, -0.05) is 23.2 Å². The van der Waals surface area contributed by atoms with E-state index < -0.39 is 30.5 Å². The molecular formula is C11H6Cl2F6O. The molecule has 0 aliphatic heterocycles. The number of rotatable bonds is 3. The third-order valence-electron chi connectivity index (χ3n) is 2.35. The molecule has 0 N–H and O–H groups in total. The Balaban J connectivity index is 3.07. The highest BCUT2D eigenvalue weighted by Crippen LogP contribution is 2.40. The zero-order chi connectivity index (χ0) is 15.7. The van der Waals surface area contributed by atoms with Gasteiger partial charge in [-0.25, -0.2) is 0 Å². The summed E-state index contributed by atoms with van der Waals surface area (Å²) in [7, 11) is 0. The Morgan fingerprint density at radius 2 is 1.55 bits per heavy atom. The van der Waals surface area contributed by atoms with Crippen molar-refractivity contribution in [2.75, 3.05) is 0 Å². The van der Waals surface area contributed by atoms with Crippen molar-refractivity contribution in [3.05, 3.63) is 33.8 Å². The summed E-state index contributed by atoms with van der Waals surface area (Å²) in [6, 6.07) is 3.52. The van der Waals surface area contributed by atoms with Crippen LogP contribution in [-0.4, -0.2) is 18.1 Å². The largest absolute Gasteiger partial charge is 0.407 e. The van der Waals surface area contributed by atoms with Crippen LogP contribution in [0.5, 0.6) is 0 Å². The summed E-state index contributed by atoms with van der Waals surface area (Å²) in [5.74, 6) is -6.07. The van der Waals surface area contributed by atoms with Gasteiger partial charge in [-0.05, 0) is 23.8 Å². The second-order valence-electron chi connectivity index (χ2n) is 3.90. The third kappa shape index (κ3) is 4.28. The topological polar surface area (TPSA) is 17.1 Å². The number of Topliss-reactive ketones (excluding diaryl/α,β-unsaturated/α-hetero) is 1. The fourth-order valence-electron chi connectivity index (χ4n) is 1.52. The van der Waals surface area contributed by atoms with Gasteiger partial charge < -0.3 is 0 Å². The highest BCUT2D eigenvalue weighted by Gasteiger charge is 2.60. The Kier molecular flexibility index (Phi) is 4.97. The van der Waals surface area contributed by atoms with Crippen molar-refractivity contribution in [1.29, 1.82) is 0 Å². The molecule has 1 nitrogen and oxygen atoms in total. The molecule has 0 aliphatic carbocycles. The van der Waals surface area contributed by atoms with E-state index in [1.807, 2.05) is 0 Å². The van der Waals surface area contributed by atoms with Crippen molar-refractivity contribution in [2.24, 2.45) is 5.92 Å². The number of hydrogen-bond donors (Lipinski definition) is 0.